The van der Waals surface area contributed by atoms with Gasteiger partial charge >= 0.3 is 0 Å². The van der Waals surface area contributed by atoms with E-state index in [0.29, 0.717) is 43.4 Å². The Bertz CT molecular complexity index is 1150. The number of benzene rings is 2. The van der Waals surface area contributed by atoms with Gasteiger partial charge in [-0.05, 0) is 28.4 Å². The molecule has 1 saturated heterocycles. The number of amides is 1. The topological polar surface area (TPSA) is 141 Å². The smallest absolute Gasteiger partial charge is 0.293 e. The van der Waals surface area contributed by atoms with Crippen LogP contribution in [0.1, 0.15) is 5.56 Å². The Morgan fingerprint density at radius 1 is 1.24 bits per heavy atom. The highest BCUT2D eigenvalue weighted by atomic mass is 32.2. The van der Waals surface area contributed by atoms with Gasteiger partial charge in [0.2, 0.25) is 0 Å². The average Bonchev–Trinajstić information content (AvgIpc) is 3.32. The van der Waals surface area contributed by atoms with Crippen molar-refractivity contribution in [2.75, 3.05) is 37.0 Å². The summed E-state index contributed by atoms with van der Waals surface area (Å²) in [7, 11) is 0. The molecule has 33 heavy (non-hydrogen) atoms. The molecule has 4 rings (SSSR count). The highest BCUT2D eigenvalue weighted by Gasteiger charge is 2.21. The molecule has 1 fully saturated rings. The summed E-state index contributed by atoms with van der Waals surface area (Å²) >= 11 is 1.12. The van der Waals surface area contributed by atoms with Crippen LogP contribution in [0.15, 0.2) is 53.6 Å². The van der Waals surface area contributed by atoms with Gasteiger partial charge in [-0.2, -0.15) is 9.19 Å². The lowest BCUT2D eigenvalue weighted by Crippen LogP contribution is -2.36. The van der Waals surface area contributed by atoms with E-state index in [2.05, 4.69) is 26.1 Å². The summed E-state index contributed by atoms with van der Waals surface area (Å²) in [4.78, 5) is 25.2. The van der Waals surface area contributed by atoms with Gasteiger partial charge in [-0.15, -0.1) is 5.10 Å². The van der Waals surface area contributed by atoms with E-state index < -0.39 is 4.92 Å². The number of morpholine rings is 1. The fraction of sp³-hybridized carbons (Fsp3) is 0.250. The lowest BCUT2D eigenvalue weighted by molar-refractivity contribution is -0.384. The third kappa shape index (κ3) is 5.70. The minimum absolute atomic E-state index is 0.0187. The number of carbonyl (C=O) groups excluding carboxylic acids is 1. The molecule has 0 aliphatic carbocycles. The molecule has 0 spiro atoms. The molecule has 0 bridgehead atoms. The van der Waals surface area contributed by atoms with Crippen LogP contribution in [0.2, 0.25) is 0 Å². The Labute approximate surface area is 192 Å². The number of nitrogens with one attached hydrogen (secondary N) is 1. The second kappa shape index (κ2) is 10.7. The van der Waals surface area contributed by atoms with Crippen LogP contribution in [0.3, 0.4) is 0 Å². The summed E-state index contributed by atoms with van der Waals surface area (Å²) in [6.07, 6.45) is 1.37. The monoisotopic (exact) mass is 468 g/mol. The van der Waals surface area contributed by atoms with E-state index in [4.69, 9.17) is 4.74 Å². The molecule has 0 saturated carbocycles. The highest BCUT2D eigenvalue weighted by Crippen LogP contribution is 2.29. The molecule has 2 heterocycles. The number of hydrogen-bond donors (Lipinski definition) is 1. The average molecular weight is 468 g/mol. The van der Waals surface area contributed by atoms with Crippen molar-refractivity contribution in [3.8, 4) is 11.4 Å². The molecule has 0 unspecified atom stereocenters. The normalized spacial score (nSPS) is 13.9. The first-order valence-corrected chi connectivity index (χ1v) is 11.0. The quantitative estimate of drug-likeness (QED) is 0.297. The summed E-state index contributed by atoms with van der Waals surface area (Å²) in [6.45, 7) is 2.24. The van der Waals surface area contributed by atoms with E-state index >= 15 is 0 Å². The van der Waals surface area contributed by atoms with Gasteiger partial charge in [-0.1, -0.05) is 36.4 Å². The van der Waals surface area contributed by atoms with Crippen LogP contribution in [0.4, 0.5) is 11.4 Å². The number of tetrazole rings is 1. The molecule has 1 aliphatic heterocycles. The van der Waals surface area contributed by atoms with Crippen LogP contribution >= 0.6 is 11.9 Å². The summed E-state index contributed by atoms with van der Waals surface area (Å²) in [6, 6.07) is 14.2. The maximum atomic E-state index is 12.2. The number of nitro benzene ring substituents is 1. The molecule has 1 aromatic heterocycles. The van der Waals surface area contributed by atoms with Crippen LogP contribution < -0.4 is 10.3 Å². The van der Waals surface area contributed by atoms with E-state index in [0.717, 1.165) is 17.5 Å². The Morgan fingerprint density at radius 2 is 2.03 bits per heavy atom. The Balaban J connectivity index is 1.35. The third-order valence-corrected chi connectivity index (χ3v) is 5.62. The van der Waals surface area contributed by atoms with Crippen LogP contribution in [-0.4, -0.2) is 68.7 Å². The predicted molar refractivity (Wildman–Crippen MR) is 123 cm³/mol. The predicted octanol–water partition coefficient (Wildman–Crippen LogP) is 1.73. The molecule has 3 aromatic rings. The van der Waals surface area contributed by atoms with Gasteiger partial charge in [0, 0.05) is 30.3 Å². The summed E-state index contributed by atoms with van der Waals surface area (Å²) in [5, 5.41) is 27.0. The van der Waals surface area contributed by atoms with E-state index in [1.807, 2.05) is 35.2 Å². The van der Waals surface area contributed by atoms with Crippen LogP contribution in [-0.2, 0) is 9.53 Å². The van der Waals surface area contributed by atoms with Crippen molar-refractivity contribution < 1.29 is 14.5 Å². The van der Waals surface area contributed by atoms with Crippen molar-refractivity contribution in [3.05, 3.63) is 64.2 Å². The van der Waals surface area contributed by atoms with Gasteiger partial charge in [-0.3, -0.25) is 14.9 Å². The van der Waals surface area contributed by atoms with Crippen molar-refractivity contribution in [2.45, 2.75) is 0 Å². The van der Waals surface area contributed by atoms with Crippen LogP contribution in [0.25, 0.3) is 11.4 Å². The molecule has 1 aliphatic rings. The van der Waals surface area contributed by atoms with E-state index in [1.54, 1.807) is 12.1 Å². The van der Waals surface area contributed by atoms with Gasteiger partial charge in [0.15, 0.2) is 5.82 Å². The van der Waals surface area contributed by atoms with E-state index in [9.17, 15) is 14.9 Å². The number of rotatable bonds is 8. The van der Waals surface area contributed by atoms with Crippen molar-refractivity contribution in [1.82, 2.24) is 25.0 Å². The minimum atomic E-state index is -0.423. The fourth-order valence-electron chi connectivity index (χ4n) is 3.19. The number of carbonyl (C=O) groups is 1. The molecule has 1 N–H and O–H groups in total. The van der Waals surface area contributed by atoms with E-state index in [-0.39, 0.29) is 17.3 Å². The first-order valence-electron chi connectivity index (χ1n) is 10.0. The SMILES string of the molecule is O=C(CSn1nnnc1-c1ccccc1)N/N=C\c1ccc(N2CCOCC2)c([N+](=O)[O-])c1. The lowest BCUT2D eigenvalue weighted by atomic mass is 10.1. The number of ether oxygens (including phenoxy) is 1. The minimum Gasteiger partial charge on any atom is -0.378 e. The number of hydrogen-bond acceptors (Lipinski definition) is 10. The Hall–Kier alpha value is -3.84. The number of anilines is 1. The second-order valence-corrected chi connectivity index (χ2v) is 7.81. The molecular formula is C20H20N8O4S. The van der Waals surface area contributed by atoms with Crippen molar-refractivity contribution in [3.63, 3.8) is 0 Å². The van der Waals surface area contributed by atoms with Gasteiger partial charge in [0.05, 0.1) is 30.1 Å². The zero-order valence-electron chi connectivity index (χ0n) is 17.4. The summed E-state index contributed by atoms with van der Waals surface area (Å²) in [5.74, 6) is 0.188. The highest BCUT2D eigenvalue weighted by molar-refractivity contribution is 7.98. The lowest BCUT2D eigenvalue weighted by Gasteiger charge is -2.28. The summed E-state index contributed by atoms with van der Waals surface area (Å²) < 4.78 is 6.77. The van der Waals surface area contributed by atoms with Gasteiger partial charge < -0.3 is 9.64 Å². The maximum absolute atomic E-state index is 12.2. The first-order chi connectivity index (χ1) is 16.1. The fourth-order valence-corrected chi connectivity index (χ4v) is 3.84. The number of aromatic nitrogens is 4. The largest absolute Gasteiger partial charge is 0.378 e. The number of nitro groups is 1. The van der Waals surface area contributed by atoms with Gasteiger partial charge in [-0.25, -0.2) is 5.43 Å². The molecule has 1 amide bonds. The third-order valence-electron chi connectivity index (χ3n) is 4.74. The maximum Gasteiger partial charge on any atom is 0.293 e. The Kier molecular flexibility index (Phi) is 7.22. The summed E-state index contributed by atoms with van der Waals surface area (Å²) in [5.41, 5.74) is 4.26. The number of nitrogens with zero attached hydrogens (tertiary/aromatic N) is 7. The van der Waals surface area contributed by atoms with Crippen LogP contribution in [0, 0.1) is 10.1 Å². The second-order valence-electron chi connectivity index (χ2n) is 6.91. The molecule has 13 heteroatoms. The van der Waals surface area contributed by atoms with Gasteiger partial charge in [0.25, 0.3) is 11.6 Å². The molecule has 0 atom stereocenters. The van der Waals surface area contributed by atoms with Gasteiger partial charge in [0.1, 0.15) is 5.69 Å². The molecule has 170 valence electrons. The Morgan fingerprint density at radius 3 is 2.79 bits per heavy atom. The van der Waals surface area contributed by atoms with E-state index in [1.165, 1.54) is 16.4 Å². The van der Waals surface area contributed by atoms with Crippen molar-refractivity contribution in [1.29, 1.82) is 0 Å². The molecule has 12 nitrogen and oxygen atoms in total. The zero-order chi connectivity index (χ0) is 23.0. The molecule has 2 aromatic carbocycles. The van der Waals surface area contributed by atoms with Crippen molar-refractivity contribution >= 4 is 35.4 Å². The molecule has 0 radical (unpaired) electrons. The van der Waals surface area contributed by atoms with Crippen LogP contribution in [0.5, 0.6) is 0 Å². The molecular weight excluding hydrogens is 448 g/mol. The zero-order valence-corrected chi connectivity index (χ0v) is 18.2. The van der Waals surface area contributed by atoms with Crippen molar-refractivity contribution in [2.24, 2.45) is 5.10 Å². The standard InChI is InChI=1S/C20H20N8O4S/c29-19(14-33-27-20(23-24-25-27)16-4-2-1-3-5-16)22-21-13-15-6-7-17(18(12-15)28(30)31)26-8-10-32-11-9-26/h1-7,12-13H,8-11,14H2,(H,22,29)/b21-13-. The first kappa shape index (κ1) is 22.4. The number of hydrazone groups is 1.